The molecule has 1 aromatic carbocycles. The molecule has 0 aromatic heterocycles. The maximum absolute atomic E-state index is 12.1. The zero-order chi connectivity index (χ0) is 15.8. The highest BCUT2D eigenvalue weighted by Crippen LogP contribution is 2.20. The van der Waals surface area contributed by atoms with E-state index in [0.29, 0.717) is 5.56 Å². The van der Waals surface area contributed by atoms with Gasteiger partial charge in [-0.3, -0.25) is 9.59 Å². The second kappa shape index (κ2) is 9.91. The number of hydrogen-bond donors (Lipinski definition) is 3. The number of carbonyl (C=O) groups is 2. The van der Waals surface area contributed by atoms with Gasteiger partial charge in [-0.2, -0.15) is 8.78 Å². The Labute approximate surface area is 132 Å². The first-order chi connectivity index (χ1) is 9.92. The third kappa shape index (κ3) is 7.19. The fourth-order valence-corrected chi connectivity index (χ4v) is 1.59. The van der Waals surface area contributed by atoms with Crippen molar-refractivity contribution >= 4 is 24.2 Å². The first-order valence-electron chi connectivity index (χ1n) is 6.23. The van der Waals surface area contributed by atoms with Crippen LogP contribution >= 0.6 is 12.4 Å². The molecule has 0 aliphatic heterocycles. The predicted molar refractivity (Wildman–Crippen MR) is 78.9 cm³/mol. The van der Waals surface area contributed by atoms with Gasteiger partial charge in [-0.15, -0.1) is 12.4 Å². The molecule has 0 spiro atoms. The number of ether oxygens (including phenoxy) is 1. The van der Waals surface area contributed by atoms with Crippen molar-refractivity contribution in [3.63, 3.8) is 0 Å². The Morgan fingerprint density at radius 2 is 2.00 bits per heavy atom. The van der Waals surface area contributed by atoms with Gasteiger partial charge in [0.1, 0.15) is 5.75 Å². The van der Waals surface area contributed by atoms with Gasteiger partial charge in [0.05, 0.1) is 19.1 Å². The summed E-state index contributed by atoms with van der Waals surface area (Å²) in [6.07, 6.45) is 0. The molecule has 1 rings (SSSR count). The number of rotatable bonds is 7. The number of halogens is 3. The zero-order valence-corrected chi connectivity index (χ0v) is 12.7. The fourth-order valence-electron chi connectivity index (χ4n) is 1.59. The summed E-state index contributed by atoms with van der Waals surface area (Å²) in [4.78, 5) is 22.5. The summed E-state index contributed by atoms with van der Waals surface area (Å²) in [5, 5.41) is 4.95. The van der Waals surface area contributed by atoms with E-state index in [1.807, 2.05) is 0 Å². The Bertz CT molecular complexity index is 503. The summed E-state index contributed by atoms with van der Waals surface area (Å²) in [5.41, 5.74) is 5.69. The number of benzene rings is 1. The molecule has 2 amide bonds. The summed E-state index contributed by atoms with van der Waals surface area (Å²) in [5.74, 6) is -0.838. The monoisotopic (exact) mass is 337 g/mol. The van der Waals surface area contributed by atoms with Gasteiger partial charge in [-0.25, -0.2) is 0 Å². The molecule has 0 fully saturated rings. The van der Waals surface area contributed by atoms with E-state index in [2.05, 4.69) is 15.4 Å². The standard InChI is InChI=1S/C13H17F2N3O3.ClH/c1-8(18-12(20)7-17-11(19)6-16)9-3-2-4-10(5-9)21-13(14)15;/h2-5,8,13H,6-7,16H2,1H3,(H,17,19)(H,18,20);1H. The molecular formula is C13H18ClF2N3O3. The van der Waals surface area contributed by atoms with E-state index < -0.39 is 24.5 Å². The van der Waals surface area contributed by atoms with Crippen LogP contribution in [0.1, 0.15) is 18.5 Å². The van der Waals surface area contributed by atoms with E-state index in [0.717, 1.165) is 0 Å². The molecular weight excluding hydrogens is 320 g/mol. The number of alkyl halides is 2. The molecule has 22 heavy (non-hydrogen) atoms. The minimum Gasteiger partial charge on any atom is -0.435 e. The summed E-state index contributed by atoms with van der Waals surface area (Å²) in [7, 11) is 0. The van der Waals surface area contributed by atoms with Gasteiger partial charge < -0.3 is 21.1 Å². The molecule has 1 unspecified atom stereocenters. The zero-order valence-electron chi connectivity index (χ0n) is 11.8. The normalized spacial score (nSPS) is 11.3. The summed E-state index contributed by atoms with van der Waals surface area (Å²) < 4.78 is 28.5. The van der Waals surface area contributed by atoms with Crippen molar-refractivity contribution in [1.29, 1.82) is 0 Å². The summed E-state index contributed by atoms with van der Waals surface area (Å²) >= 11 is 0. The highest BCUT2D eigenvalue weighted by Gasteiger charge is 2.12. The van der Waals surface area contributed by atoms with Crippen LogP contribution < -0.4 is 21.1 Å². The molecule has 1 atom stereocenters. The molecule has 6 nitrogen and oxygen atoms in total. The van der Waals surface area contributed by atoms with Crippen LogP contribution in [0.15, 0.2) is 24.3 Å². The third-order valence-electron chi connectivity index (χ3n) is 2.59. The Kier molecular flexibility index (Phi) is 9.04. The van der Waals surface area contributed by atoms with Crippen LogP contribution in [-0.2, 0) is 9.59 Å². The van der Waals surface area contributed by atoms with E-state index in [-0.39, 0.29) is 31.2 Å². The van der Waals surface area contributed by atoms with Crippen molar-refractivity contribution in [2.75, 3.05) is 13.1 Å². The lowest BCUT2D eigenvalue weighted by atomic mass is 10.1. The number of nitrogens with one attached hydrogen (secondary N) is 2. The second-order valence-corrected chi connectivity index (χ2v) is 4.22. The van der Waals surface area contributed by atoms with Crippen LogP contribution in [0.5, 0.6) is 5.75 Å². The van der Waals surface area contributed by atoms with Gasteiger partial charge in [-0.05, 0) is 24.6 Å². The Morgan fingerprint density at radius 3 is 2.59 bits per heavy atom. The van der Waals surface area contributed by atoms with Crippen LogP contribution in [-0.4, -0.2) is 31.5 Å². The third-order valence-corrected chi connectivity index (χ3v) is 2.59. The van der Waals surface area contributed by atoms with Crippen molar-refractivity contribution in [1.82, 2.24) is 10.6 Å². The van der Waals surface area contributed by atoms with E-state index >= 15 is 0 Å². The lowest BCUT2D eigenvalue weighted by Crippen LogP contribution is -2.40. The molecule has 0 aliphatic rings. The van der Waals surface area contributed by atoms with Gasteiger partial charge >= 0.3 is 6.61 Å². The first-order valence-corrected chi connectivity index (χ1v) is 6.23. The van der Waals surface area contributed by atoms with Crippen LogP contribution in [0.2, 0.25) is 0 Å². The quantitative estimate of drug-likeness (QED) is 0.691. The highest BCUT2D eigenvalue weighted by atomic mass is 35.5. The highest BCUT2D eigenvalue weighted by molar-refractivity contribution is 5.85. The minimum absolute atomic E-state index is 0. The smallest absolute Gasteiger partial charge is 0.387 e. The first kappa shape index (κ1) is 20.1. The van der Waals surface area contributed by atoms with E-state index in [1.54, 1.807) is 19.1 Å². The maximum Gasteiger partial charge on any atom is 0.387 e. The maximum atomic E-state index is 12.1. The van der Waals surface area contributed by atoms with E-state index in [4.69, 9.17) is 5.73 Å². The largest absolute Gasteiger partial charge is 0.435 e. The molecule has 0 saturated carbocycles. The number of carbonyl (C=O) groups excluding carboxylic acids is 2. The van der Waals surface area contributed by atoms with Gasteiger partial charge in [-0.1, -0.05) is 12.1 Å². The van der Waals surface area contributed by atoms with Crippen molar-refractivity contribution < 1.29 is 23.1 Å². The molecule has 0 bridgehead atoms. The van der Waals surface area contributed by atoms with Crippen LogP contribution in [0.25, 0.3) is 0 Å². The molecule has 9 heteroatoms. The average molecular weight is 338 g/mol. The topological polar surface area (TPSA) is 93.5 Å². The van der Waals surface area contributed by atoms with Crippen LogP contribution in [0.3, 0.4) is 0 Å². The Morgan fingerprint density at radius 1 is 1.32 bits per heavy atom. The van der Waals surface area contributed by atoms with Crippen molar-refractivity contribution in [3.8, 4) is 5.75 Å². The van der Waals surface area contributed by atoms with Gasteiger partial charge in [0, 0.05) is 0 Å². The van der Waals surface area contributed by atoms with Crippen molar-refractivity contribution in [3.05, 3.63) is 29.8 Å². The second-order valence-electron chi connectivity index (χ2n) is 4.22. The van der Waals surface area contributed by atoms with Gasteiger partial charge in [0.15, 0.2) is 0 Å². The summed E-state index contributed by atoms with van der Waals surface area (Å²) in [6, 6.07) is 5.60. The molecule has 0 aliphatic carbocycles. The molecule has 1 aromatic rings. The molecule has 0 saturated heterocycles. The number of amides is 2. The van der Waals surface area contributed by atoms with Gasteiger partial charge in [0.25, 0.3) is 0 Å². The number of nitrogens with two attached hydrogens (primary N) is 1. The lowest BCUT2D eigenvalue weighted by molar-refractivity contribution is -0.125. The van der Waals surface area contributed by atoms with E-state index in [1.165, 1.54) is 12.1 Å². The predicted octanol–water partition coefficient (Wildman–Crippen LogP) is 0.962. The lowest BCUT2D eigenvalue weighted by Gasteiger charge is -2.15. The van der Waals surface area contributed by atoms with Gasteiger partial charge in [0.2, 0.25) is 11.8 Å². The van der Waals surface area contributed by atoms with Crippen LogP contribution in [0, 0.1) is 0 Å². The van der Waals surface area contributed by atoms with Crippen molar-refractivity contribution in [2.24, 2.45) is 5.73 Å². The minimum atomic E-state index is -2.91. The summed E-state index contributed by atoms with van der Waals surface area (Å²) in [6.45, 7) is -1.62. The number of hydrogen-bond acceptors (Lipinski definition) is 4. The fraction of sp³-hybridized carbons (Fsp3) is 0.385. The SMILES string of the molecule is CC(NC(=O)CNC(=O)CN)c1cccc(OC(F)F)c1.Cl. The average Bonchev–Trinajstić information content (AvgIpc) is 2.44. The van der Waals surface area contributed by atoms with E-state index in [9.17, 15) is 18.4 Å². The molecule has 124 valence electrons. The Balaban J connectivity index is 0.00000441. The van der Waals surface area contributed by atoms with Crippen molar-refractivity contribution in [2.45, 2.75) is 19.6 Å². The molecule has 0 radical (unpaired) electrons. The molecule has 4 N–H and O–H groups in total. The Hall–Kier alpha value is -1.93. The van der Waals surface area contributed by atoms with Crippen LogP contribution in [0.4, 0.5) is 8.78 Å². The molecule has 0 heterocycles.